The van der Waals surface area contributed by atoms with Crippen LogP contribution in [-0.2, 0) is 10.2 Å². The quantitative estimate of drug-likeness (QED) is 0.943. The maximum atomic E-state index is 13.2. The van der Waals surface area contributed by atoms with Gasteiger partial charge in [0.2, 0.25) is 5.91 Å². The van der Waals surface area contributed by atoms with Gasteiger partial charge in [0.15, 0.2) is 0 Å². The van der Waals surface area contributed by atoms with E-state index in [1.165, 1.54) is 11.8 Å². The summed E-state index contributed by atoms with van der Waals surface area (Å²) in [6, 6.07) is 9.81. The zero-order valence-electron chi connectivity index (χ0n) is 14.4. The lowest BCUT2D eigenvalue weighted by Gasteiger charge is -2.33. The van der Waals surface area contributed by atoms with Gasteiger partial charge >= 0.3 is 5.69 Å². The number of aromatic nitrogens is 2. The Balaban J connectivity index is 1.90. The number of hydrogen-bond acceptors (Lipinski definition) is 3. The zero-order valence-corrected chi connectivity index (χ0v) is 14.4. The molecule has 0 saturated carbocycles. The number of carbonyl (C=O) groups excluding carboxylic acids is 1. The molecule has 1 atom stereocenters. The van der Waals surface area contributed by atoms with E-state index in [0.29, 0.717) is 6.54 Å². The largest absolute Gasteiger partial charge is 0.345 e. The number of nitrogens with one attached hydrogen (secondary N) is 1. The van der Waals surface area contributed by atoms with Crippen molar-refractivity contribution >= 4 is 5.91 Å². The van der Waals surface area contributed by atoms with E-state index in [2.05, 4.69) is 9.97 Å². The second-order valence-electron chi connectivity index (χ2n) is 6.98. The van der Waals surface area contributed by atoms with Gasteiger partial charge in [0.25, 0.3) is 0 Å². The van der Waals surface area contributed by atoms with Crippen molar-refractivity contribution in [3.63, 3.8) is 0 Å². The molecule has 1 N–H and O–H groups in total. The van der Waals surface area contributed by atoms with E-state index >= 15 is 0 Å². The zero-order chi connectivity index (χ0) is 17.3. The van der Waals surface area contributed by atoms with Crippen LogP contribution in [0.25, 0.3) is 0 Å². The molecular weight excluding hydrogens is 302 g/mol. The summed E-state index contributed by atoms with van der Waals surface area (Å²) < 4.78 is 0. The van der Waals surface area contributed by atoms with Gasteiger partial charge in [-0.1, -0.05) is 29.8 Å². The molecule has 24 heavy (non-hydrogen) atoms. The highest BCUT2D eigenvalue weighted by Crippen LogP contribution is 2.35. The Bertz CT molecular complexity index is 793. The first-order valence-corrected chi connectivity index (χ1v) is 8.33. The molecule has 2 aromatic rings. The Hall–Kier alpha value is -2.43. The first-order chi connectivity index (χ1) is 11.4. The van der Waals surface area contributed by atoms with Crippen molar-refractivity contribution in [2.24, 2.45) is 0 Å². The van der Waals surface area contributed by atoms with Crippen LogP contribution in [0, 0.1) is 6.92 Å². The van der Waals surface area contributed by atoms with E-state index in [1.54, 1.807) is 6.07 Å². The van der Waals surface area contributed by atoms with Crippen LogP contribution in [0.1, 0.15) is 49.6 Å². The van der Waals surface area contributed by atoms with Gasteiger partial charge in [-0.3, -0.25) is 4.79 Å². The highest BCUT2D eigenvalue weighted by molar-refractivity contribution is 5.88. The van der Waals surface area contributed by atoms with Gasteiger partial charge in [0, 0.05) is 18.4 Å². The standard InChI is InChI=1S/C19H23N3O2/c1-13-6-8-14(9-7-13)19(2,3)17(23)22-12-4-5-16(22)15-10-11-20-18(24)21-15/h6-11,16H,4-5,12H2,1-3H3,(H,20,21,24)/t16-/m1/s1. The summed E-state index contributed by atoms with van der Waals surface area (Å²) in [5.74, 6) is 0.0894. The third-order valence-electron chi connectivity index (χ3n) is 4.88. The maximum absolute atomic E-state index is 13.2. The van der Waals surface area contributed by atoms with Crippen molar-refractivity contribution in [1.82, 2.24) is 14.9 Å². The number of rotatable bonds is 3. The van der Waals surface area contributed by atoms with Crippen molar-refractivity contribution in [2.45, 2.75) is 45.1 Å². The van der Waals surface area contributed by atoms with Crippen LogP contribution in [-0.4, -0.2) is 27.3 Å². The van der Waals surface area contributed by atoms with Gasteiger partial charge < -0.3 is 9.88 Å². The first-order valence-electron chi connectivity index (χ1n) is 8.33. The number of likely N-dealkylation sites (tertiary alicyclic amines) is 1. The minimum atomic E-state index is -0.608. The van der Waals surface area contributed by atoms with E-state index in [1.807, 2.05) is 49.9 Å². The molecule has 1 amide bonds. The molecule has 1 fully saturated rings. The van der Waals surface area contributed by atoms with E-state index in [0.717, 1.165) is 24.1 Å². The average molecular weight is 325 g/mol. The fourth-order valence-corrected chi connectivity index (χ4v) is 3.36. The molecule has 5 heteroatoms. The molecule has 0 unspecified atom stereocenters. The van der Waals surface area contributed by atoms with Crippen molar-refractivity contribution in [3.05, 3.63) is 63.8 Å². The Morgan fingerprint density at radius 3 is 2.62 bits per heavy atom. The maximum Gasteiger partial charge on any atom is 0.345 e. The average Bonchev–Trinajstić information content (AvgIpc) is 3.04. The Kier molecular flexibility index (Phi) is 4.26. The smallest absolute Gasteiger partial charge is 0.333 e. The number of carbonyl (C=O) groups is 1. The molecule has 0 radical (unpaired) electrons. The third-order valence-corrected chi connectivity index (χ3v) is 4.88. The molecule has 126 valence electrons. The Labute approximate surface area is 141 Å². The van der Waals surface area contributed by atoms with Gasteiger partial charge in [-0.05, 0) is 45.2 Å². The highest BCUT2D eigenvalue weighted by atomic mass is 16.2. The normalized spacial score (nSPS) is 18.0. The van der Waals surface area contributed by atoms with Crippen LogP contribution in [0.15, 0.2) is 41.3 Å². The number of amides is 1. The first kappa shape index (κ1) is 16.4. The van der Waals surface area contributed by atoms with Crippen LogP contribution in [0.5, 0.6) is 0 Å². The van der Waals surface area contributed by atoms with E-state index < -0.39 is 5.41 Å². The number of benzene rings is 1. The lowest BCUT2D eigenvalue weighted by Crippen LogP contribution is -2.43. The molecule has 1 aromatic heterocycles. The molecule has 1 aliphatic heterocycles. The lowest BCUT2D eigenvalue weighted by molar-refractivity contribution is -0.137. The van der Waals surface area contributed by atoms with Crippen LogP contribution < -0.4 is 5.69 Å². The van der Waals surface area contributed by atoms with Crippen LogP contribution in [0.3, 0.4) is 0 Å². The van der Waals surface area contributed by atoms with Crippen LogP contribution >= 0.6 is 0 Å². The fraction of sp³-hybridized carbons (Fsp3) is 0.421. The number of aromatic amines is 1. The number of H-pyrrole nitrogens is 1. The molecule has 2 heterocycles. The van der Waals surface area contributed by atoms with Crippen molar-refractivity contribution in [2.75, 3.05) is 6.54 Å². The number of hydrogen-bond donors (Lipinski definition) is 1. The molecule has 0 spiro atoms. The Morgan fingerprint density at radius 2 is 1.96 bits per heavy atom. The number of aryl methyl sites for hydroxylation is 1. The summed E-state index contributed by atoms with van der Waals surface area (Å²) in [5, 5.41) is 0. The summed E-state index contributed by atoms with van der Waals surface area (Å²) in [6.45, 7) is 6.67. The van der Waals surface area contributed by atoms with E-state index in [-0.39, 0.29) is 17.6 Å². The molecule has 0 bridgehead atoms. The molecule has 0 aliphatic carbocycles. The van der Waals surface area contributed by atoms with Crippen molar-refractivity contribution in [1.29, 1.82) is 0 Å². The fourth-order valence-electron chi connectivity index (χ4n) is 3.36. The van der Waals surface area contributed by atoms with Crippen LogP contribution in [0.2, 0.25) is 0 Å². The predicted molar refractivity (Wildman–Crippen MR) is 92.8 cm³/mol. The molecule has 5 nitrogen and oxygen atoms in total. The summed E-state index contributed by atoms with van der Waals surface area (Å²) >= 11 is 0. The second kappa shape index (κ2) is 6.23. The molecule has 1 aliphatic rings. The number of nitrogens with zero attached hydrogens (tertiary/aromatic N) is 2. The molecule has 1 aromatic carbocycles. The minimum Gasteiger partial charge on any atom is -0.333 e. The lowest BCUT2D eigenvalue weighted by atomic mass is 9.82. The van der Waals surface area contributed by atoms with E-state index in [9.17, 15) is 9.59 Å². The van der Waals surface area contributed by atoms with Gasteiger partial charge in [-0.15, -0.1) is 0 Å². The van der Waals surface area contributed by atoms with Crippen LogP contribution in [0.4, 0.5) is 0 Å². The molecular formula is C19H23N3O2. The molecule has 3 rings (SSSR count). The predicted octanol–water partition coefficient (Wildman–Crippen LogP) is 2.72. The topological polar surface area (TPSA) is 66.1 Å². The van der Waals surface area contributed by atoms with Crippen molar-refractivity contribution in [3.8, 4) is 0 Å². The summed E-state index contributed by atoms with van der Waals surface area (Å²) in [6.07, 6.45) is 3.29. The summed E-state index contributed by atoms with van der Waals surface area (Å²) in [5.41, 5.74) is 1.97. The van der Waals surface area contributed by atoms with Gasteiger partial charge in [-0.25, -0.2) is 9.78 Å². The summed E-state index contributed by atoms with van der Waals surface area (Å²) in [7, 11) is 0. The highest BCUT2D eigenvalue weighted by Gasteiger charge is 2.39. The Morgan fingerprint density at radius 1 is 1.25 bits per heavy atom. The van der Waals surface area contributed by atoms with Gasteiger partial charge in [-0.2, -0.15) is 0 Å². The third kappa shape index (κ3) is 2.98. The molecule has 1 saturated heterocycles. The van der Waals surface area contributed by atoms with Gasteiger partial charge in [0.1, 0.15) is 0 Å². The SMILES string of the molecule is Cc1ccc(C(C)(C)C(=O)N2CCC[C@@H]2c2ccnc(=O)[nH]2)cc1. The van der Waals surface area contributed by atoms with E-state index in [4.69, 9.17) is 0 Å². The van der Waals surface area contributed by atoms with Gasteiger partial charge in [0.05, 0.1) is 11.5 Å². The minimum absolute atomic E-state index is 0.0853. The monoisotopic (exact) mass is 325 g/mol. The second-order valence-corrected chi connectivity index (χ2v) is 6.98. The summed E-state index contributed by atoms with van der Waals surface area (Å²) in [4.78, 5) is 33.1. The van der Waals surface area contributed by atoms with Crippen molar-refractivity contribution < 1.29 is 4.79 Å².